The van der Waals surface area contributed by atoms with E-state index in [0.717, 1.165) is 12.3 Å². The van der Waals surface area contributed by atoms with Crippen molar-refractivity contribution < 1.29 is 23.8 Å². The van der Waals surface area contributed by atoms with E-state index in [4.69, 9.17) is 14.2 Å². The van der Waals surface area contributed by atoms with Gasteiger partial charge in [0, 0.05) is 18.6 Å². The SMILES string of the molecule is COC(=O)c1cc(OC)c(OC)cc1NC(=O)CC1CC2CCC1C2. The van der Waals surface area contributed by atoms with E-state index >= 15 is 0 Å². The Balaban J connectivity index is 1.77. The number of rotatable bonds is 6. The summed E-state index contributed by atoms with van der Waals surface area (Å²) in [4.78, 5) is 24.6. The van der Waals surface area contributed by atoms with Crippen LogP contribution in [-0.2, 0) is 9.53 Å². The van der Waals surface area contributed by atoms with Crippen molar-refractivity contribution in [2.24, 2.45) is 17.8 Å². The van der Waals surface area contributed by atoms with E-state index < -0.39 is 5.97 Å². The second-order valence-corrected chi connectivity index (χ2v) is 6.93. The minimum Gasteiger partial charge on any atom is -0.493 e. The lowest BCUT2D eigenvalue weighted by Crippen LogP contribution is -2.21. The second kappa shape index (κ2) is 7.33. The summed E-state index contributed by atoms with van der Waals surface area (Å²) in [7, 11) is 4.31. The number of benzene rings is 1. The third-order valence-corrected chi connectivity index (χ3v) is 5.54. The van der Waals surface area contributed by atoms with Gasteiger partial charge in [-0.3, -0.25) is 4.79 Å². The van der Waals surface area contributed by atoms with Crippen molar-refractivity contribution in [3.05, 3.63) is 17.7 Å². The van der Waals surface area contributed by atoms with Crippen LogP contribution in [0.25, 0.3) is 0 Å². The third kappa shape index (κ3) is 3.57. The lowest BCUT2D eigenvalue weighted by atomic mass is 9.86. The summed E-state index contributed by atoms with van der Waals surface area (Å²) < 4.78 is 15.3. The monoisotopic (exact) mass is 347 g/mol. The highest BCUT2D eigenvalue weighted by atomic mass is 16.5. The Bertz CT molecular complexity index is 672. The first-order valence-electron chi connectivity index (χ1n) is 8.69. The number of ether oxygens (including phenoxy) is 3. The number of esters is 1. The Morgan fingerprint density at radius 2 is 1.80 bits per heavy atom. The van der Waals surface area contributed by atoms with E-state index in [9.17, 15) is 9.59 Å². The Labute approximate surface area is 147 Å². The molecule has 1 aromatic rings. The van der Waals surface area contributed by atoms with Crippen LogP contribution in [0.3, 0.4) is 0 Å². The molecule has 2 fully saturated rings. The van der Waals surface area contributed by atoms with Gasteiger partial charge in [-0.2, -0.15) is 0 Å². The van der Waals surface area contributed by atoms with E-state index in [1.165, 1.54) is 46.7 Å². The predicted molar refractivity (Wildman–Crippen MR) is 93.1 cm³/mol. The molecule has 2 aliphatic rings. The number of anilines is 1. The number of methoxy groups -OCH3 is 3. The first-order chi connectivity index (χ1) is 12.0. The van der Waals surface area contributed by atoms with E-state index in [2.05, 4.69) is 5.32 Å². The second-order valence-electron chi connectivity index (χ2n) is 6.93. The number of fused-ring (bicyclic) bond motifs is 2. The van der Waals surface area contributed by atoms with Gasteiger partial charge in [0.05, 0.1) is 32.6 Å². The van der Waals surface area contributed by atoms with Gasteiger partial charge in [0.1, 0.15) is 0 Å². The standard InChI is InChI=1S/C19H25NO5/c1-23-16-9-14(19(22)25-3)15(10-17(16)24-2)20-18(21)8-13-7-11-4-5-12(13)6-11/h9-13H,4-8H2,1-3H3,(H,20,21). The molecule has 6 heteroatoms. The summed E-state index contributed by atoms with van der Waals surface area (Å²) in [5, 5.41) is 2.86. The Morgan fingerprint density at radius 3 is 2.36 bits per heavy atom. The highest BCUT2D eigenvalue weighted by Crippen LogP contribution is 2.49. The maximum atomic E-state index is 12.5. The highest BCUT2D eigenvalue weighted by Gasteiger charge is 2.40. The minimum absolute atomic E-state index is 0.0741. The molecule has 3 atom stereocenters. The average molecular weight is 347 g/mol. The van der Waals surface area contributed by atoms with E-state index in [-0.39, 0.29) is 11.5 Å². The molecule has 136 valence electrons. The first-order valence-corrected chi connectivity index (χ1v) is 8.69. The zero-order chi connectivity index (χ0) is 18.0. The minimum atomic E-state index is -0.531. The quantitative estimate of drug-likeness (QED) is 0.800. The molecule has 1 N–H and O–H groups in total. The summed E-state index contributed by atoms with van der Waals surface area (Å²) >= 11 is 0. The largest absolute Gasteiger partial charge is 0.493 e. The third-order valence-electron chi connectivity index (χ3n) is 5.54. The normalized spacial score (nSPS) is 24.0. The van der Waals surface area contributed by atoms with Crippen molar-refractivity contribution >= 4 is 17.6 Å². The molecule has 2 saturated carbocycles. The topological polar surface area (TPSA) is 73.9 Å². The van der Waals surface area contributed by atoms with Crippen LogP contribution in [0.5, 0.6) is 11.5 Å². The number of carbonyl (C=O) groups is 2. The Morgan fingerprint density at radius 1 is 1.08 bits per heavy atom. The molecule has 3 rings (SSSR count). The van der Waals surface area contributed by atoms with Gasteiger partial charge >= 0.3 is 5.97 Å². The van der Waals surface area contributed by atoms with Crippen molar-refractivity contribution in [1.82, 2.24) is 0 Å². The number of nitrogens with one attached hydrogen (secondary N) is 1. The lowest BCUT2D eigenvalue weighted by Gasteiger charge is -2.21. The summed E-state index contributed by atoms with van der Waals surface area (Å²) in [5.41, 5.74) is 0.638. The van der Waals surface area contributed by atoms with E-state index in [1.54, 1.807) is 6.07 Å². The van der Waals surface area contributed by atoms with Gasteiger partial charge in [0.25, 0.3) is 0 Å². The van der Waals surface area contributed by atoms with Gasteiger partial charge in [-0.05, 0) is 37.0 Å². The van der Waals surface area contributed by atoms with Gasteiger partial charge in [-0.15, -0.1) is 0 Å². The van der Waals surface area contributed by atoms with Crippen molar-refractivity contribution in [1.29, 1.82) is 0 Å². The Hall–Kier alpha value is -2.24. The van der Waals surface area contributed by atoms with Crippen molar-refractivity contribution in [3.63, 3.8) is 0 Å². The summed E-state index contributed by atoms with van der Waals surface area (Å²) in [6.45, 7) is 0. The smallest absolute Gasteiger partial charge is 0.340 e. The van der Waals surface area contributed by atoms with Crippen LogP contribution >= 0.6 is 0 Å². The molecule has 0 aliphatic heterocycles. The molecule has 0 aromatic heterocycles. The van der Waals surface area contributed by atoms with Gasteiger partial charge < -0.3 is 19.5 Å². The Kier molecular flexibility index (Phi) is 5.16. The van der Waals surface area contributed by atoms with Crippen molar-refractivity contribution in [2.45, 2.75) is 32.1 Å². The van der Waals surface area contributed by atoms with Gasteiger partial charge in [-0.25, -0.2) is 4.79 Å². The maximum Gasteiger partial charge on any atom is 0.340 e. The molecule has 25 heavy (non-hydrogen) atoms. The first kappa shape index (κ1) is 17.6. The fourth-order valence-electron chi connectivity index (χ4n) is 4.33. The fraction of sp³-hybridized carbons (Fsp3) is 0.579. The molecule has 0 saturated heterocycles. The zero-order valence-electron chi connectivity index (χ0n) is 15.0. The molecular weight excluding hydrogens is 322 g/mol. The van der Waals surface area contributed by atoms with Crippen LogP contribution in [0.1, 0.15) is 42.5 Å². The molecule has 0 heterocycles. The van der Waals surface area contributed by atoms with Crippen molar-refractivity contribution in [2.75, 3.05) is 26.6 Å². The zero-order valence-corrected chi connectivity index (χ0v) is 15.0. The van der Waals surface area contributed by atoms with Crippen LogP contribution in [-0.4, -0.2) is 33.2 Å². The van der Waals surface area contributed by atoms with Crippen molar-refractivity contribution in [3.8, 4) is 11.5 Å². The van der Waals surface area contributed by atoms with Crippen LogP contribution in [0.2, 0.25) is 0 Å². The summed E-state index contributed by atoms with van der Waals surface area (Å²) in [6.07, 6.45) is 5.46. The van der Waals surface area contributed by atoms with Crippen LogP contribution < -0.4 is 14.8 Å². The molecule has 6 nitrogen and oxygen atoms in total. The van der Waals surface area contributed by atoms with E-state index in [1.807, 2.05) is 0 Å². The molecule has 0 radical (unpaired) electrons. The molecule has 1 aromatic carbocycles. The summed E-state index contributed by atoms with van der Waals surface area (Å²) in [5.74, 6) is 2.20. The number of carbonyl (C=O) groups excluding carboxylic acids is 2. The molecule has 0 spiro atoms. The fourth-order valence-corrected chi connectivity index (χ4v) is 4.33. The highest BCUT2D eigenvalue weighted by molar-refractivity contribution is 6.02. The van der Waals surface area contributed by atoms with Gasteiger partial charge in [0.2, 0.25) is 5.91 Å². The molecular formula is C19H25NO5. The number of amides is 1. The lowest BCUT2D eigenvalue weighted by molar-refractivity contribution is -0.117. The molecule has 1 amide bonds. The van der Waals surface area contributed by atoms with Gasteiger partial charge in [-0.1, -0.05) is 6.42 Å². The predicted octanol–water partition coefficient (Wildman–Crippen LogP) is 3.26. The maximum absolute atomic E-state index is 12.5. The van der Waals surface area contributed by atoms with E-state index in [0.29, 0.717) is 35.4 Å². The number of hydrogen-bond donors (Lipinski definition) is 1. The average Bonchev–Trinajstić information content (AvgIpc) is 3.23. The van der Waals surface area contributed by atoms with Crippen LogP contribution in [0.4, 0.5) is 5.69 Å². The van der Waals surface area contributed by atoms with Crippen LogP contribution in [0, 0.1) is 17.8 Å². The van der Waals surface area contributed by atoms with Crippen LogP contribution in [0.15, 0.2) is 12.1 Å². The summed E-state index contributed by atoms with van der Waals surface area (Å²) in [6, 6.07) is 3.13. The molecule has 2 bridgehead atoms. The van der Waals surface area contributed by atoms with Gasteiger partial charge in [0.15, 0.2) is 11.5 Å². The molecule has 2 aliphatic carbocycles. The number of hydrogen-bond acceptors (Lipinski definition) is 5. The molecule has 3 unspecified atom stereocenters.